The first-order valence-corrected chi connectivity index (χ1v) is 4.04. The molecule has 0 aromatic carbocycles. The van der Waals surface area contributed by atoms with Crippen LogP contribution >= 0.6 is 0 Å². The molecule has 0 fully saturated rings. The summed E-state index contributed by atoms with van der Waals surface area (Å²) >= 11 is 0. The first-order chi connectivity index (χ1) is 5.38. The van der Waals surface area contributed by atoms with Gasteiger partial charge in [0, 0.05) is 6.07 Å². The maximum absolute atomic E-state index is 8.85. The lowest BCUT2D eigenvalue weighted by Crippen LogP contribution is -2.42. The van der Waals surface area contributed by atoms with Gasteiger partial charge in [-0.1, -0.05) is 18.0 Å². The molecule has 62 valence electrons. The van der Waals surface area contributed by atoms with Crippen molar-refractivity contribution in [2.45, 2.75) is 33.0 Å². The minimum Gasteiger partial charge on any atom is -0.337 e. The number of unbranched alkanes of at least 4 members (excludes halogenated alkanes) is 1. The number of aromatic nitrogens is 2. The van der Waals surface area contributed by atoms with Gasteiger partial charge in [0.1, 0.15) is 0 Å². The van der Waals surface area contributed by atoms with E-state index in [0.717, 1.165) is 13.0 Å². The molecule has 0 aliphatic carbocycles. The van der Waals surface area contributed by atoms with Gasteiger partial charge in [0.05, 0.1) is 12.7 Å². The van der Waals surface area contributed by atoms with Gasteiger partial charge >= 0.3 is 0 Å². The molecule has 1 rings (SSSR count). The van der Waals surface area contributed by atoms with Crippen LogP contribution in [0.25, 0.3) is 0 Å². The third-order valence-electron chi connectivity index (χ3n) is 1.73. The van der Waals surface area contributed by atoms with E-state index in [1.54, 1.807) is 4.68 Å². The van der Waals surface area contributed by atoms with Crippen LogP contribution in [-0.4, -0.2) is 9.79 Å². The minimum atomic E-state index is 0.0662. The Morgan fingerprint density at radius 2 is 2.36 bits per heavy atom. The van der Waals surface area contributed by atoms with E-state index in [1.165, 1.54) is 6.42 Å². The molecular formula is C8H15N2O+. The van der Waals surface area contributed by atoms with Gasteiger partial charge in [-0.05, 0) is 6.42 Å². The van der Waals surface area contributed by atoms with Gasteiger partial charge in [0.25, 0.3) is 6.73 Å². The van der Waals surface area contributed by atoms with Crippen molar-refractivity contribution in [3.05, 3.63) is 18.5 Å². The zero-order valence-electron chi connectivity index (χ0n) is 6.90. The first-order valence-electron chi connectivity index (χ1n) is 4.04. The zero-order valence-corrected chi connectivity index (χ0v) is 6.90. The molecule has 0 spiro atoms. The molecule has 0 radical (unpaired) electrons. The quantitative estimate of drug-likeness (QED) is 0.631. The van der Waals surface area contributed by atoms with Crippen LogP contribution in [-0.2, 0) is 13.3 Å². The van der Waals surface area contributed by atoms with Gasteiger partial charge in [-0.3, -0.25) is 0 Å². The summed E-state index contributed by atoms with van der Waals surface area (Å²) in [5.74, 6) is 0. The summed E-state index contributed by atoms with van der Waals surface area (Å²) in [7, 11) is 0. The molecule has 0 aliphatic heterocycles. The Morgan fingerprint density at radius 3 is 3.00 bits per heavy atom. The highest BCUT2D eigenvalue weighted by atomic mass is 16.3. The van der Waals surface area contributed by atoms with E-state index in [0.29, 0.717) is 0 Å². The first kappa shape index (κ1) is 8.27. The molecule has 1 aromatic heterocycles. The molecule has 0 atom stereocenters. The topological polar surface area (TPSA) is 29.0 Å². The predicted molar refractivity (Wildman–Crippen MR) is 41.8 cm³/mol. The Kier molecular flexibility index (Phi) is 3.11. The lowest BCUT2D eigenvalue weighted by molar-refractivity contribution is -0.802. The maximum atomic E-state index is 8.85. The molecule has 0 bridgehead atoms. The monoisotopic (exact) mass is 155 g/mol. The predicted octanol–water partition coefficient (Wildman–Crippen LogP) is 0.526. The van der Waals surface area contributed by atoms with Crippen LogP contribution in [0, 0.1) is 0 Å². The van der Waals surface area contributed by atoms with Gasteiger partial charge in [-0.2, -0.15) is 4.68 Å². The summed E-state index contributed by atoms with van der Waals surface area (Å²) in [6.45, 7) is 3.22. The number of aliphatic hydroxyl groups excluding tert-OH is 1. The lowest BCUT2D eigenvalue weighted by atomic mass is 10.3. The van der Waals surface area contributed by atoms with Crippen molar-refractivity contribution in [3.63, 3.8) is 0 Å². The van der Waals surface area contributed by atoms with Gasteiger partial charge < -0.3 is 5.11 Å². The van der Waals surface area contributed by atoms with Crippen LogP contribution in [0.2, 0.25) is 0 Å². The Hall–Kier alpha value is -0.830. The third-order valence-corrected chi connectivity index (χ3v) is 1.73. The normalized spacial score (nSPS) is 10.4. The summed E-state index contributed by atoms with van der Waals surface area (Å²) in [6.07, 6.45) is 6.19. The van der Waals surface area contributed by atoms with E-state index in [1.807, 2.05) is 23.1 Å². The standard InChI is InChI=1S/C8H15N2O/c1-2-3-5-9-6-4-7-10(9)8-11/h4,6-7,11H,2-3,5,8H2,1H3/q+1. The molecule has 0 saturated carbocycles. The SMILES string of the molecule is CCCCn1ccc[n+]1CO. The second-order valence-electron chi connectivity index (χ2n) is 2.59. The molecule has 3 nitrogen and oxygen atoms in total. The highest BCUT2D eigenvalue weighted by Crippen LogP contribution is 1.90. The molecule has 0 saturated heterocycles. The largest absolute Gasteiger partial charge is 0.337 e. The van der Waals surface area contributed by atoms with E-state index >= 15 is 0 Å². The van der Waals surface area contributed by atoms with Gasteiger partial charge in [-0.15, -0.1) is 0 Å². The Bertz CT molecular complexity index is 208. The van der Waals surface area contributed by atoms with Crippen molar-refractivity contribution >= 4 is 0 Å². The van der Waals surface area contributed by atoms with Gasteiger partial charge in [0.15, 0.2) is 6.20 Å². The molecule has 1 heterocycles. The Labute approximate surface area is 66.9 Å². The van der Waals surface area contributed by atoms with E-state index in [9.17, 15) is 0 Å². The van der Waals surface area contributed by atoms with Crippen LogP contribution < -0.4 is 4.68 Å². The van der Waals surface area contributed by atoms with Crippen LogP contribution in [0.1, 0.15) is 19.8 Å². The number of nitrogens with zero attached hydrogens (tertiary/aromatic N) is 2. The maximum Gasteiger partial charge on any atom is 0.273 e. The van der Waals surface area contributed by atoms with E-state index < -0.39 is 0 Å². The summed E-state index contributed by atoms with van der Waals surface area (Å²) < 4.78 is 3.80. The van der Waals surface area contributed by atoms with Gasteiger partial charge in [-0.25, -0.2) is 0 Å². The lowest BCUT2D eigenvalue weighted by Gasteiger charge is -1.98. The van der Waals surface area contributed by atoms with Crippen LogP contribution in [0.5, 0.6) is 0 Å². The number of rotatable bonds is 4. The summed E-state index contributed by atoms with van der Waals surface area (Å²) in [5.41, 5.74) is 0. The average molecular weight is 155 g/mol. The van der Waals surface area contributed by atoms with E-state index in [4.69, 9.17) is 5.11 Å². The third kappa shape index (κ3) is 2.05. The number of aryl methyl sites for hydroxylation is 1. The smallest absolute Gasteiger partial charge is 0.273 e. The van der Waals surface area contributed by atoms with Crippen molar-refractivity contribution in [3.8, 4) is 0 Å². The fraction of sp³-hybridized carbons (Fsp3) is 0.625. The number of aliphatic hydroxyl groups is 1. The number of hydrogen-bond acceptors (Lipinski definition) is 1. The van der Waals surface area contributed by atoms with Crippen molar-refractivity contribution in [2.24, 2.45) is 0 Å². The second-order valence-corrected chi connectivity index (χ2v) is 2.59. The molecule has 0 amide bonds. The van der Waals surface area contributed by atoms with Crippen LogP contribution in [0.4, 0.5) is 0 Å². The number of hydrogen-bond donors (Lipinski definition) is 1. The molecule has 0 aliphatic rings. The molecule has 1 N–H and O–H groups in total. The van der Waals surface area contributed by atoms with E-state index in [-0.39, 0.29) is 6.73 Å². The second kappa shape index (κ2) is 4.13. The van der Waals surface area contributed by atoms with Crippen molar-refractivity contribution in [1.29, 1.82) is 0 Å². The summed E-state index contributed by atoms with van der Waals surface area (Å²) in [6, 6.07) is 1.94. The van der Waals surface area contributed by atoms with Crippen LogP contribution in [0.3, 0.4) is 0 Å². The van der Waals surface area contributed by atoms with Gasteiger partial charge in [0.2, 0.25) is 0 Å². The van der Waals surface area contributed by atoms with Crippen LogP contribution in [0.15, 0.2) is 18.5 Å². The highest BCUT2D eigenvalue weighted by molar-refractivity contribution is 4.71. The molecule has 11 heavy (non-hydrogen) atoms. The summed E-state index contributed by atoms with van der Waals surface area (Å²) in [5, 5.41) is 8.85. The highest BCUT2D eigenvalue weighted by Gasteiger charge is 2.03. The van der Waals surface area contributed by atoms with Crippen molar-refractivity contribution in [2.75, 3.05) is 0 Å². The average Bonchev–Trinajstić information content (AvgIpc) is 2.47. The minimum absolute atomic E-state index is 0.0662. The Morgan fingerprint density at radius 1 is 1.55 bits per heavy atom. The zero-order chi connectivity index (χ0) is 8.10. The molecular weight excluding hydrogens is 140 g/mol. The fourth-order valence-corrected chi connectivity index (χ4v) is 1.06. The van der Waals surface area contributed by atoms with E-state index in [2.05, 4.69) is 6.92 Å². The molecule has 3 heteroatoms. The summed E-state index contributed by atoms with van der Waals surface area (Å²) in [4.78, 5) is 0. The fourth-order valence-electron chi connectivity index (χ4n) is 1.06. The molecule has 1 aromatic rings. The Balaban J connectivity index is 2.54. The molecule has 0 unspecified atom stereocenters. The van der Waals surface area contributed by atoms with Crippen molar-refractivity contribution in [1.82, 2.24) is 4.68 Å². The van der Waals surface area contributed by atoms with Crippen molar-refractivity contribution < 1.29 is 9.79 Å².